The second-order valence-corrected chi connectivity index (χ2v) is 24.0. The molecule has 6 amide bonds. The second-order valence-electron chi connectivity index (χ2n) is 24.0. The third-order valence-corrected chi connectivity index (χ3v) is 15.9. The van der Waals surface area contributed by atoms with Crippen LogP contribution in [0.5, 0.6) is 17.2 Å². The maximum atomic E-state index is 15.1. The lowest BCUT2D eigenvalue weighted by molar-refractivity contribution is -0.165. The summed E-state index contributed by atoms with van der Waals surface area (Å²) >= 11 is 0. The average molecular weight is 1200 g/mol. The molecule has 21 heteroatoms. The van der Waals surface area contributed by atoms with Gasteiger partial charge >= 0.3 is 11.9 Å². The lowest BCUT2D eigenvalue weighted by Gasteiger charge is -2.36. The lowest BCUT2D eigenvalue weighted by atomic mass is 9.87. The predicted octanol–water partition coefficient (Wildman–Crippen LogP) is 6.78. The number of likely N-dealkylation sites (N-methyl/N-ethyl adjacent to an activating group) is 2. The van der Waals surface area contributed by atoms with Gasteiger partial charge in [0.2, 0.25) is 29.4 Å². The van der Waals surface area contributed by atoms with Crippen molar-refractivity contribution in [3.8, 4) is 17.2 Å². The Hall–Kier alpha value is -8.33. The number of carbonyl (C=O) groups excluding carboxylic acids is 9. The molecule has 4 unspecified atom stereocenters. The van der Waals surface area contributed by atoms with E-state index in [9.17, 15) is 28.8 Å². The van der Waals surface area contributed by atoms with Crippen molar-refractivity contribution < 1.29 is 71.6 Å². The zero-order valence-corrected chi connectivity index (χ0v) is 51.8. The number of benzene rings is 4. The van der Waals surface area contributed by atoms with Crippen LogP contribution in [0.1, 0.15) is 116 Å². The number of aryl methyl sites for hydroxylation is 1. The number of hydrogen-bond acceptors (Lipinski definition) is 15. The van der Waals surface area contributed by atoms with Gasteiger partial charge in [-0.15, -0.1) is 0 Å². The van der Waals surface area contributed by atoms with Crippen molar-refractivity contribution in [2.75, 3.05) is 72.7 Å². The first-order valence-corrected chi connectivity index (χ1v) is 29.8. The summed E-state index contributed by atoms with van der Waals surface area (Å²) in [6.07, 6.45) is 5.23. The lowest BCUT2D eigenvalue weighted by Crippen LogP contribution is -2.60. The van der Waals surface area contributed by atoms with E-state index in [1.807, 2.05) is 49.4 Å². The van der Waals surface area contributed by atoms with Gasteiger partial charge in [0.05, 0.1) is 38.4 Å². The van der Waals surface area contributed by atoms with Crippen LogP contribution in [0.25, 0.3) is 10.8 Å². The number of piperidine rings is 1. The number of rotatable bonds is 10. The SMILES string of the molecule is CCCCC1C(=O)NC2Cc3cccc4ccc(cc34)N1C(=O)COc1cccc(c1)[C@@H](CCc1ccc(OC)c(OC)c1)OC(=O)C1CCCCN1C(=O)C(=O)C(C)(C)COC(=O)/C=C\CCN(C)C(=O)CNC(=O)C(COC(C)(C)C)N(C)C2=O. The highest BCUT2D eigenvalue weighted by molar-refractivity contribution is 6.38. The van der Waals surface area contributed by atoms with E-state index < -0.39 is 114 Å². The Bertz CT molecular complexity index is 3210. The molecule has 1 saturated heterocycles. The Morgan fingerprint density at radius 2 is 1.54 bits per heavy atom. The summed E-state index contributed by atoms with van der Waals surface area (Å²) in [4.78, 5) is 134. The molecule has 21 nitrogen and oxygen atoms in total. The maximum absolute atomic E-state index is 15.1. The Morgan fingerprint density at radius 1 is 0.782 bits per heavy atom. The molecule has 87 heavy (non-hydrogen) atoms. The number of esters is 2. The molecular formula is C66H84N6O15. The van der Waals surface area contributed by atoms with Crippen molar-refractivity contribution in [2.45, 2.75) is 142 Å². The molecule has 0 aliphatic carbocycles. The Labute approximate surface area is 509 Å². The third-order valence-electron chi connectivity index (χ3n) is 15.9. The van der Waals surface area contributed by atoms with Gasteiger partial charge in [0.1, 0.15) is 42.6 Å². The number of nitrogens with one attached hydrogen (secondary N) is 2. The van der Waals surface area contributed by atoms with Gasteiger partial charge in [-0.05, 0) is 143 Å². The molecule has 0 aromatic heterocycles. The molecule has 0 radical (unpaired) electrons. The fourth-order valence-corrected chi connectivity index (χ4v) is 10.8. The number of Topliss-reactive ketones (excluding diaryl/α,β-unsaturated/α-hetero) is 1. The van der Waals surface area contributed by atoms with Crippen molar-refractivity contribution in [3.05, 3.63) is 108 Å². The number of unbranched alkanes of at least 4 members (excludes halogenated alkanes) is 1. The van der Waals surface area contributed by atoms with Gasteiger partial charge < -0.3 is 53.8 Å². The molecule has 0 spiro atoms. The van der Waals surface area contributed by atoms with Crippen molar-refractivity contribution in [1.29, 1.82) is 0 Å². The second kappa shape index (κ2) is 29.9. The summed E-state index contributed by atoms with van der Waals surface area (Å²) < 4.78 is 35.3. The molecule has 4 aromatic carbocycles. The number of fused-ring (bicyclic) bond motifs is 9. The molecule has 7 rings (SSSR count). The molecule has 5 atom stereocenters. The van der Waals surface area contributed by atoms with Crippen molar-refractivity contribution in [3.63, 3.8) is 0 Å². The Morgan fingerprint density at radius 3 is 2.28 bits per heavy atom. The zero-order valence-electron chi connectivity index (χ0n) is 51.8. The molecule has 468 valence electrons. The number of carbonyl (C=O) groups is 9. The van der Waals surface area contributed by atoms with Gasteiger partial charge in [0, 0.05) is 45.4 Å². The molecule has 3 heterocycles. The monoisotopic (exact) mass is 1200 g/mol. The summed E-state index contributed by atoms with van der Waals surface area (Å²) in [5.74, 6) is -5.03. The summed E-state index contributed by atoms with van der Waals surface area (Å²) in [6.45, 7) is 8.81. The quantitative estimate of drug-likeness (QED) is 0.123. The molecule has 0 saturated carbocycles. The van der Waals surface area contributed by atoms with E-state index in [0.29, 0.717) is 60.4 Å². The van der Waals surface area contributed by atoms with Gasteiger partial charge in [-0.3, -0.25) is 38.5 Å². The Kier molecular flexibility index (Phi) is 22.7. The van der Waals surface area contributed by atoms with Crippen LogP contribution in [-0.4, -0.2) is 165 Å². The van der Waals surface area contributed by atoms with Gasteiger partial charge in [-0.2, -0.15) is 0 Å². The van der Waals surface area contributed by atoms with Crippen LogP contribution in [0.15, 0.2) is 91.0 Å². The first kappa shape index (κ1) is 66.2. The average Bonchev–Trinajstić information content (AvgIpc) is 1.18. The number of ether oxygens (including phenoxy) is 6. The highest BCUT2D eigenvalue weighted by Crippen LogP contribution is 2.35. The summed E-state index contributed by atoms with van der Waals surface area (Å²) in [5, 5.41) is 7.20. The molecular weight excluding hydrogens is 1120 g/mol. The normalized spacial score (nSPS) is 22.4. The van der Waals surface area contributed by atoms with E-state index in [1.54, 1.807) is 57.2 Å². The van der Waals surface area contributed by atoms with Crippen LogP contribution in [0.3, 0.4) is 0 Å². The number of hydrogen-bond donors (Lipinski definition) is 2. The van der Waals surface area contributed by atoms with Gasteiger partial charge in [0.25, 0.3) is 11.8 Å². The molecule has 6 bridgehead atoms. The third kappa shape index (κ3) is 17.2. The zero-order chi connectivity index (χ0) is 63.2. The van der Waals surface area contributed by atoms with Crippen LogP contribution in [-0.2, 0) is 70.2 Å². The fraction of sp³-hybridized carbons (Fsp3) is 0.500. The van der Waals surface area contributed by atoms with Crippen LogP contribution in [0, 0.1) is 5.41 Å². The minimum absolute atomic E-state index is 0.0206. The molecule has 1 fully saturated rings. The highest BCUT2D eigenvalue weighted by atomic mass is 16.5. The fourth-order valence-electron chi connectivity index (χ4n) is 10.8. The summed E-state index contributed by atoms with van der Waals surface area (Å²) in [5.41, 5.74) is 0.200. The van der Waals surface area contributed by atoms with Crippen LogP contribution >= 0.6 is 0 Å². The van der Waals surface area contributed by atoms with Crippen molar-refractivity contribution in [1.82, 2.24) is 25.3 Å². The molecule has 4 aromatic rings. The molecule has 3 aliphatic rings. The van der Waals surface area contributed by atoms with Crippen LogP contribution < -0.4 is 29.7 Å². The number of methoxy groups -OCH3 is 2. The Balaban J connectivity index is 1.27. The first-order valence-electron chi connectivity index (χ1n) is 29.8. The number of amides is 6. The molecule has 3 aliphatic heterocycles. The maximum Gasteiger partial charge on any atom is 0.330 e. The van der Waals surface area contributed by atoms with E-state index in [1.165, 1.54) is 67.8 Å². The molecule has 2 N–H and O–H groups in total. The van der Waals surface area contributed by atoms with E-state index in [0.717, 1.165) is 22.4 Å². The van der Waals surface area contributed by atoms with Crippen LogP contribution in [0.4, 0.5) is 5.69 Å². The van der Waals surface area contributed by atoms with E-state index in [-0.39, 0.29) is 57.6 Å². The van der Waals surface area contributed by atoms with Gasteiger partial charge in [0.15, 0.2) is 18.1 Å². The topological polar surface area (TPSA) is 246 Å². The van der Waals surface area contributed by atoms with Crippen LogP contribution in [0.2, 0.25) is 0 Å². The first-order chi connectivity index (χ1) is 41.4. The summed E-state index contributed by atoms with van der Waals surface area (Å²) in [6, 6.07) is 18.5. The number of ketones is 1. The van der Waals surface area contributed by atoms with E-state index in [4.69, 9.17) is 28.4 Å². The van der Waals surface area contributed by atoms with E-state index >= 15 is 14.4 Å². The van der Waals surface area contributed by atoms with E-state index in [2.05, 4.69) is 10.6 Å². The minimum Gasteiger partial charge on any atom is -0.493 e. The predicted molar refractivity (Wildman–Crippen MR) is 325 cm³/mol. The smallest absolute Gasteiger partial charge is 0.330 e. The summed E-state index contributed by atoms with van der Waals surface area (Å²) in [7, 11) is 6.03. The largest absolute Gasteiger partial charge is 0.493 e. The van der Waals surface area contributed by atoms with Gasteiger partial charge in [-0.25, -0.2) is 9.59 Å². The van der Waals surface area contributed by atoms with Crippen molar-refractivity contribution >= 4 is 69.6 Å². The number of nitrogens with zero attached hydrogens (tertiary/aromatic N) is 4. The highest BCUT2D eigenvalue weighted by Gasteiger charge is 2.43. The standard InChI is InChI=1S/C66H84N6O15/c1-11-12-23-50-61(78)68-49-36-44-20-17-19-43-28-29-46(37-48(43)44)72(50)57(74)40-84-47-22-18-21-45(35-47)53(30-26-42-27-31-54(82-9)55(34-42)83-10)87-64(81)51-24-13-16-33-71(51)63(80)59(76)66(5,6)41-85-58(75)25-14-15-32-69(7)56(73)38-67-60(77)52(70(8)62(49)79)39-86-65(2,3)4/h14,17-22,25,27-29,31,34-35,37,49-53H,11-13,15-16,23-24,26,30,32-33,36,38-41H2,1-10H3,(H,67,77)(H,68,78)/b25-14-/t49?,50?,51?,52?,53-/m1/s1. The number of anilines is 1. The van der Waals surface area contributed by atoms with Crippen molar-refractivity contribution in [2.24, 2.45) is 5.41 Å². The minimum atomic E-state index is -1.50. The number of cyclic esters (lactones) is 2. The van der Waals surface area contributed by atoms with Gasteiger partial charge in [-0.1, -0.05) is 68.3 Å².